The van der Waals surface area contributed by atoms with E-state index in [2.05, 4.69) is 5.32 Å². The molecule has 1 heterocycles. The number of ether oxygens (including phenoxy) is 1. The van der Waals surface area contributed by atoms with Gasteiger partial charge in [0.2, 0.25) is 0 Å². The molecule has 0 atom stereocenters. The Morgan fingerprint density at radius 3 is 2.65 bits per heavy atom. The van der Waals surface area contributed by atoms with Gasteiger partial charge >= 0.3 is 5.97 Å². The van der Waals surface area contributed by atoms with Crippen LogP contribution in [0.15, 0.2) is 40.6 Å². The molecule has 9 heteroatoms. The number of hydrogen-bond acceptors (Lipinski definition) is 6. The third-order valence-corrected chi connectivity index (χ3v) is 4.99. The number of amides is 1. The predicted molar refractivity (Wildman–Crippen MR) is 87.8 cm³/mol. The van der Waals surface area contributed by atoms with E-state index in [9.17, 15) is 18.0 Å². The highest BCUT2D eigenvalue weighted by molar-refractivity contribution is 7.90. The fourth-order valence-electron chi connectivity index (χ4n) is 1.61. The van der Waals surface area contributed by atoms with Gasteiger partial charge < -0.3 is 10.1 Å². The van der Waals surface area contributed by atoms with Crippen LogP contribution in [0.2, 0.25) is 5.02 Å². The van der Waals surface area contributed by atoms with Crippen LogP contribution in [0, 0.1) is 0 Å². The maximum atomic E-state index is 11.8. The number of benzene rings is 1. The van der Waals surface area contributed by atoms with E-state index in [0.29, 0.717) is 4.88 Å². The molecule has 2 aromatic rings. The summed E-state index contributed by atoms with van der Waals surface area (Å²) in [6.07, 6.45) is 1.05. The fourth-order valence-corrected chi connectivity index (χ4v) is 3.04. The lowest BCUT2D eigenvalue weighted by Gasteiger charge is -2.09. The van der Waals surface area contributed by atoms with E-state index in [1.807, 2.05) is 0 Å². The number of nitrogens with one attached hydrogen (secondary N) is 1. The van der Waals surface area contributed by atoms with Crippen molar-refractivity contribution in [2.45, 2.75) is 4.90 Å². The average molecular weight is 374 g/mol. The van der Waals surface area contributed by atoms with Crippen LogP contribution in [0.5, 0.6) is 0 Å². The molecule has 1 N–H and O–H groups in total. The minimum Gasteiger partial charge on any atom is -0.451 e. The third-order valence-electron chi connectivity index (χ3n) is 2.70. The molecule has 0 bridgehead atoms. The number of thiophene rings is 1. The van der Waals surface area contributed by atoms with Gasteiger partial charge in [0.25, 0.3) is 5.91 Å². The van der Waals surface area contributed by atoms with Crippen molar-refractivity contribution in [3.05, 3.63) is 45.6 Å². The van der Waals surface area contributed by atoms with Crippen molar-refractivity contribution < 1.29 is 22.7 Å². The molecular formula is C14H12ClNO5S2. The van der Waals surface area contributed by atoms with Crippen molar-refractivity contribution >= 4 is 50.3 Å². The van der Waals surface area contributed by atoms with Gasteiger partial charge in [0.1, 0.15) is 4.88 Å². The molecule has 0 saturated carbocycles. The van der Waals surface area contributed by atoms with Gasteiger partial charge in [0.15, 0.2) is 16.4 Å². The fraction of sp³-hybridized carbons (Fsp3) is 0.143. The van der Waals surface area contributed by atoms with Gasteiger partial charge in [0, 0.05) is 6.26 Å². The van der Waals surface area contributed by atoms with E-state index in [0.717, 1.165) is 6.26 Å². The minimum absolute atomic E-state index is 0.0211. The Morgan fingerprint density at radius 1 is 1.30 bits per heavy atom. The van der Waals surface area contributed by atoms with Crippen LogP contribution >= 0.6 is 22.9 Å². The molecule has 0 radical (unpaired) electrons. The lowest BCUT2D eigenvalue weighted by molar-refractivity contribution is -0.119. The molecule has 0 aliphatic heterocycles. The van der Waals surface area contributed by atoms with Crippen LogP contribution in [-0.4, -0.2) is 33.2 Å². The molecule has 0 spiro atoms. The summed E-state index contributed by atoms with van der Waals surface area (Å²) in [5, 5.41) is 4.31. The van der Waals surface area contributed by atoms with E-state index in [1.165, 1.54) is 29.5 Å². The number of halogens is 1. The summed E-state index contributed by atoms with van der Waals surface area (Å²) in [6, 6.07) is 7.22. The highest BCUT2D eigenvalue weighted by Gasteiger charge is 2.14. The first-order valence-electron chi connectivity index (χ1n) is 6.27. The number of esters is 1. The number of sulfone groups is 1. The second-order valence-electron chi connectivity index (χ2n) is 4.52. The van der Waals surface area contributed by atoms with Crippen molar-refractivity contribution in [1.82, 2.24) is 0 Å². The van der Waals surface area contributed by atoms with Gasteiger partial charge in [0.05, 0.1) is 15.6 Å². The molecule has 0 saturated heterocycles. The lowest BCUT2D eigenvalue weighted by Crippen LogP contribution is -2.21. The molecule has 23 heavy (non-hydrogen) atoms. The highest BCUT2D eigenvalue weighted by atomic mass is 35.5. The predicted octanol–water partition coefficient (Wildman–Crippen LogP) is 2.60. The molecular weight excluding hydrogens is 362 g/mol. The number of hydrogen-bond donors (Lipinski definition) is 1. The normalized spacial score (nSPS) is 11.0. The van der Waals surface area contributed by atoms with E-state index in [4.69, 9.17) is 16.3 Å². The molecule has 2 rings (SSSR count). The number of anilines is 1. The first-order valence-corrected chi connectivity index (χ1v) is 9.42. The van der Waals surface area contributed by atoms with Gasteiger partial charge in [-0.15, -0.1) is 11.3 Å². The lowest BCUT2D eigenvalue weighted by atomic mass is 10.3. The summed E-state index contributed by atoms with van der Waals surface area (Å²) in [5.74, 6) is -1.23. The van der Waals surface area contributed by atoms with Gasteiger partial charge in [-0.25, -0.2) is 13.2 Å². The van der Waals surface area contributed by atoms with Crippen molar-refractivity contribution in [2.24, 2.45) is 0 Å². The molecule has 0 unspecified atom stereocenters. The molecule has 1 amide bonds. The SMILES string of the molecule is CS(=O)(=O)c1ccc(Cl)c(NC(=O)COC(=O)c2cccs2)c1. The van der Waals surface area contributed by atoms with Crippen LogP contribution in [0.3, 0.4) is 0 Å². The zero-order valence-electron chi connectivity index (χ0n) is 11.9. The van der Waals surface area contributed by atoms with Crippen LogP contribution in [0.4, 0.5) is 5.69 Å². The van der Waals surface area contributed by atoms with Crippen LogP contribution < -0.4 is 5.32 Å². The summed E-state index contributed by atoms with van der Waals surface area (Å²) in [4.78, 5) is 23.8. The summed E-state index contributed by atoms with van der Waals surface area (Å²) in [7, 11) is -3.43. The molecule has 0 aliphatic carbocycles. The van der Waals surface area contributed by atoms with Gasteiger partial charge in [-0.05, 0) is 29.6 Å². The van der Waals surface area contributed by atoms with Crippen molar-refractivity contribution in [3.63, 3.8) is 0 Å². The van der Waals surface area contributed by atoms with Gasteiger partial charge in [-0.1, -0.05) is 17.7 Å². The standard InChI is InChI=1S/C14H12ClNO5S2/c1-23(19,20)9-4-5-10(15)11(7-9)16-13(17)8-21-14(18)12-3-2-6-22-12/h2-7H,8H2,1H3,(H,16,17). The third kappa shape index (κ3) is 4.78. The minimum atomic E-state index is -3.43. The first kappa shape index (κ1) is 17.5. The maximum absolute atomic E-state index is 11.8. The summed E-state index contributed by atoms with van der Waals surface area (Å²) in [6.45, 7) is -0.504. The van der Waals surface area contributed by atoms with Crippen LogP contribution in [0.1, 0.15) is 9.67 Å². The second kappa shape index (κ2) is 7.12. The summed E-state index contributed by atoms with van der Waals surface area (Å²) < 4.78 is 27.9. The maximum Gasteiger partial charge on any atom is 0.348 e. The molecule has 1 aromatic carbocycles. The number of carbonyl (C=O) groups is 2. The number of carbonyl (C=O) groups excluding carboxylic acids is 2. The van der Waals surface area contributed by atoms with Crippen molar-refractivity contribution in [2.75, 3.05) is 18.2 Å². The Hall–Kier alpha value is -1.90. The first-order chi connectivity index (χ1) is 10.8. The smallest absolute Gasteiger partial charge is 0.348 e. The van der Waals surface area contributed by atoms with E-state index >= 15 is 0 Å². The van der Waals surface area contributed by atoms with E-state index < -0.39 is 28.3 Å². The Kier molecular flexibility index (Phi) is 5.40. The Labute approximate surface area is 142 Å². The van der Waals surface area contributed by atoms with Crippen LogP contribution in [0.25, 0.3) is 0 Å². The monoisotopic (exact) mass is 373 g/mol. The molecule has 122 valence electrons. The molecule has 0 fully saturated rings. The second-order valence-corrected chi connectivity index (χ2v) is 7.89. The van der Waals surface area contributed by atoms with Crippen LogP contribution in [-0.2, 0) is 19.4 Å². The summed E-state index contributed by atoms with van der Waals surface area (Å²) >= 11 is 7.12. The topological polar surface area (TPSA) is 89.5 Å². The Bertz CT molecular complexity index is 831. The molecule has 0 aliphatic rings. The summed E-state index contributed by atoms with van der Waals surface area (Å²) in [5.41, 5.74) is 0.131. The van der Waals surface area contributed by atoms with E-state index in [1.54, 1.807) is 17.5 Å². The number of rotatable bonds is 5. The Morgan fingerprint density at radius 2 is 2.04 bits per heavy atom. The molecule has 6 nitrogen and oxygen atoms in total. The average Bonchev–Trinajstić information content (AvgIpc) is 3.00. The zero-order chi connectivity index (χ0) is 17.0. The molecule has 1 aromatic heterocycles. The zero-order valence-corrected chi connectivity index (χ0v) is 14.3. The van der Waals surface area contributed by atoms with Crippen molar-refractivity contribution in [1.29, 1.82) is 0 Å². The highest BCUT2D eigenvalue weighted by Crippen LogP contribution is 2.25. The Balaban J connectivity index is 2.01. The van der Waals surface area contributed by atoms with Crippen molar-refractivity contribution in [3.8, 4) is 0 Å². The quantitative estimate of drug-likeness (QED) is 0.813. The van der Waals surface area contributed by atoms with E-state index in [-0.39, 0.29) is 15.6 Å². The van der Waals surface area contributed by atoms with Gasteiger partial charge in [-0.2, -0.15) is 0 Å². The largest absolute Gasteiger partial charge is 0.451 e. The van der Waals surface area contributed by atoms with Gasteiger partial charge in [-0.3, -0.25) is 4.79 Å².